The SMILES string of the molecule is CCOC(=O)C[C@H]1[C@@H]2OC(C)(C)O[C@@H]2[C@H]2C[C@H](CO[Si](c3ccccc3)(c3ccccc3)C(C)(C)C)ON21. The van der Waals surface area contributed by atoms with Gasteiger partial charge in [0, 0.05) is 0 Å². The minimum atomic E-state index is -2.69. The van der Waals surface area contributed by atoms with E-state index in [1.165, 1.54) is 10.4 Å². The van der Waals surface area contributed by atoms with Gasteiger partial charge in [0.15, 0.2) is 5.79 Å². The van der Waals surface area contributed by atoms with Crippen LogP contribution < -0.4 is 10.4 Å². The summed E-state index contributed by atoms with van der Waals surface area (Å²) >= 11 is 0. The molecular formula is C30H41NO6Si. The zero-order valence-electron chi connectivity index (χ0n) is 23.4. The minimum absolute atomic E-state index is 0.00560. The summed E-state index contributed by atoms with van der Waals surface area (Å²) in [6.45, 7) is 13.3. The lowest BCUT2D eigenvalue weighted by Gasteiger charge is -2.43. The monoisotopic (exact) mass is 539 g/mol. The highest BCUT2D eigenvalue weighted by Crippen LogP contribution is 2.46. The highest BCUT2D eigenvalue weighted by molar-refractivity contribution is 6.99. The van der Waals surface area contributed by atoms with Crippen molar-refractivity contribution in [2.45, 2.75) is 95.6 Å². The van der Waals surface area contributed by atoms with Crippen LogP contribution in [-0.2, 0) is 28.3 Å². The lowest BCUT2D eigenvalue weighted by Crippen LogP contribution is -2.67. The van der Waals surface area contributed by atoms with Gasteiger partial charge in [-0.05, 0) is 42.6 Å². The van der Waals surface area contributed by atoms with E-state index in [2.05, 4.69) is 81.4 Å². The van der Waals surface area contributed by atoms with Crippen molar-refractivity contribution in [3.63, 3.8) is 0 Å². The number of rotatable bonds is 8. The Bertz CT molecular complexity index is 1070. The first-order valence-electron chi connectivity index (χ1n) is 13.8. The van der Waals surface area contributed by atoms with Crippen molar-refractivity contribution in [2.24, 2.45) is 0 Å². The Hall–Kier alpha value is -2.07. The Morgan fingerprint density at radius 2 is 1.58 bits per heavy atom. The van der Waals surface area contributed by atoms with E-state index >= 15 is 0 Å². The molecule has 0 N–H and O–H groups in total. The zero-order chi connectivity index (χ0) is 27.1. The number of hydrogen-bond donors (Lipinski definition) is 0. The van der Waals surface area contributed by atoms with Crippen molar-refractivity contribution >= 4 is 24.7 Å². The van der Waals surface area contributed by atoms with Crippen molar-refractivity contribution in [3.8, 4) is 0 Å². The molecule has 5 atom stereocenters. The van der Waals surface area contributed by atoms with Gasteiger partial charge in [0.05, 0.1) is 31.7 Å². The molecule has 3 heterocycles. The van der Waals surface area contributed by atoms with Crippen LogP contribution in [0, 0.1) is 0 Å². The molecule has 7 nitrogen and oxygen atoms in total. The fraction of sp³-hybridized carbons (Fsp3) is 0.567. The summed E-state index contributed by atoms with van der Waals surface area (Å²) in [6, 6.07) is 21.0. The number of fused-ring (bicyclic) bond motifs is 3. The van der Waals surface area contributed by atoms with Crippen LogP contribution in [0.1, 0.15) is 54.4 Å². The van der Waals surface area contributed by atoms with Gasteiger partial charge in [0.1, 0.15) is 18.3 Å². The maximum Gasteiger partial charge on any atom is 0.307 e. The van der Waals surface area contributed by atoms with E-state index < -0.39 is 14.1 Å². The highest BCUT2D eigenvalue weighted by atomic mass is 28.4. The molecule has 0 unspecified atom stereocenters. The summed E-state index contributed by atoms with van der Waals surface area (Å²) in [4.78, 5) is 19.0. The van der Waals surface area contributed by atoms with Crippen LogP contribution in [0.4, 0.5) is 0 Å². The van der Waals surface area contributed by atoms with Crippen LogP contribution in [0.5, 0.6) is 0 Å². The van der Waals surface area contributed by atoms with Gasteiger partial charge in [-0.3, -0.25) is 9.63 Å². The first kappa shape index (κ1) is 27.5. The number of hydrogen-bond acceptors (Lipinski definition) is 7. The largest absolute Gasteiger partial charge is 0.466 e. The Balaban J connectivity index is 1.40. The molecule has 2 aromatic carbocycles. The molecular weight excluding hydrogens is 498 g/mol. The molecule has 8 heteroatoms. The number of esters is 1. The second-order valence-electron chi connectivity index (χ2n) is 12.0. The topological polar surface area (TPSA) is 66.5 Å². The normalized spacial score (nSPS) is 28.7. The maximum atomic E-state index is 12.5. The molecule has 0 spiro atoms. The van der Waals surface area contributed by atoms with Crippen LogP contribution in [0.15, 0.2) is 60.7 Å². The van der Waals surface area contributed by atoms with Gasteiger partial charge in [0.2, 0.25) is 0 Å². The van der Waals surface area contributed by atoms with E-state index in [-0.39, 0.29) is 47.8 Å². The molecule has 3 aliphatic heterocycles. The van der Waals surface area contributed by atoms with Crippen LogP contribution in [0.25, 0.3) is 0 Å². The van der Waals surface area contributed by atoms with Crippen molar-refractivity contribution in [2.75, 3.05) is 13.2 Å². The Kier molecular flexibility index (Phi) is 7.58. The number of ether oxygens (including phenoxy) is 3. The molecule has 3 aliphatic rings. The number of hydroxylamine groups is 2. The summed E-state index contributed by atoms with van der Waals surface area (Å²) in [6.07, 6.45) is 0.394. The average molecular weight is 540 g/mol. The second-order valence-corrected chi connectivity index (χ2v) is 16.3. The lowest BCUT2D eigenvalue weighted by molar-refractivity contribution is -0.228. The Morgan fingerprint density at radius 1 is 1.00 bits per heavy atom. The van der Waals surface area contributed by atoms with Gasteiger partial charge >= 0.3 is 5.97 Å². The summed E-state index contributed by atoms with van der Waals surface area (Å²) in [5, 5.41) is 4.31. The van der Waals surface area contributed by atoms with E-state index in [1.807, 2.05) is 25.8 Å². The predicted molar refractivity (Wildman–Crippen MR) is 148 cm³/mol. The van der Waals surface area contributed by atoms with Crippen molar-refractivity contribution in [1.82, 2.24) is 5.06 Å². The molecule has 0 saturated carbocycles. The van der Waals surface area contributed by atoms with E-state index in [0.29, 0.717) is 13.2 Å². The quantitative estimate of drug-likeness (QED) is 0.374. The van der Waals surface area contributed by atoms with E-state index in [9.17, 15) is 4.79 Å². The zero-order valence-corrected chi connectivity index (χ0v) is 24.4. The van der Waals surface area contributed by atoms with E-state index in [4.69, 9.17) is 23.5 Å². The van der Waals surface area contributed by atoms with Crippen molar-refractivity contribution in [1.29, 1.82) is 0 Å². The van der Waals surface area contributed by atoms with E-state index in [1.54, 1.807) is 0 Å². The van der Waals surface area contributed by atoms with E-state index in [0.717, 1.165) is 6.42 Å². The summed E-state index contributed by atoms with van der Waals surface area (Å²) in [7, 11) is -2.69. The van der Waals surface area contributed by atoms with Crippen molar-refractivity contribution in [3.05, 3.63) is 60.7 Å². The second kappa shape index (κ2) is 10.5. The number of benzene rings is 2. The summed E-state index contributed by atoms with van der Waals surface area (Å²) < 4.78 is 25.0. The fourth-order valence-corrected chi connectivity index (χ4v) is 11.1. The van der Waals surface area contributed by atoms with Gasteiger partial charge < -0.3 is 18.6 Å². The first-order chi connectivity index (χ1) is 18.1. The number of carbonyl (C=O) groups is 1. The van der Waals surface area contributed by atoms with Crippen molar-refractivity contribution < 1.29 is 28.3 Å². The van der Waals surface area contributed by atoms with Crippen LogP contribution in [0.3, 0.4) is 0 Å². The van der Waals surface area contributed by atoms with Gasteiger partial charge in [-0.1, -0.05) is 81.4 Å². The number of carbonyl (C=O) groups excluding carboxylic acids is 1. The molecule has 5 rings (SSSR count). The standard InChI is InChI=1S/C30H41NO6Si/c1-7-33-26(32)19-25-28-27(35-30(5,6)36-28)24-18-21(37-31(24)25)20-34-38(29(2,3)4,22-14-10-8-11-15-22)23-16-12-9-13-17-23/h8-17,21,24-25,27-28H,7,18-20H2,1-6H3/t21-,24-,25+,27-,28+/m1/s1. The summed E-state index contributed by atoms with van der Waals surface area (Å²) in [5.74, 6) is -0.946. The van der Waals surface area contributed by atoms with Crippen LogP contribution in [0.2, 0.25) is 5.04 Å². The third-order valence-corrected chi connectivity index (χ3v) is 12.9. The smallest absolute Gasteiger partial charge is 0.307 e. The highest BCUT2D eigenvalue weighted by Gasteiger charge is 2.62. The molecule has 0 bridgehead atoms. The maximum absolute atomic E-state index is 12.5. The molecule has 0 radical (unpaired) electrons. The number of nitrogens with zero attached hydrogens (tertiary/aromatic N) is 1. The van der Waals surface area contributed by atoms with Gasteiger partial charge in [-0.25, -0.2) is 0 Å². The molecule has 0 amide bonds. The summed E-state index contributed by atoms with van der Waals surface area (Å²) in [5.41, 5.74) is 0. The molecule has 2 aromatic rings. The Labute approximate surface area is 227 Å². The molecule has 0 aromatic heterocycles. The van der Waals surface area contributed by atoms with Crippen LogP contribution >= 0.6 is 0 Å². The molecule has 206 valence electrons. The third-order valence-electron chi connectivity index (χ3n) is 7.93. The van der Waals surface area contributed by atoms with Gasteiger partial charge in [0.25, 0.3) is 8.32 Å². The van der Waals surface area contributed by atoms with Gasteiger partial charge in [-0.2, -0.15) is 5.06 Å². The average Bonchev–Trinajstić information content (AvgIpc) is 3.50. The first-order valence-corrected chi connectivity index (χ1v) is 15.7. The fourth-order valence-electron chi connectivity index (χ4n) is 6.50. The molecule has 0 aliphatic carbocycles. The predicted octanol–water partition coefficient (Wildman–Crippen LogP) is 3.79. The van der Waals surface area contributed by atoms with Gasteiger partial charge in [-0.15, -0.1) is 0 Å². The van der Waals surface area contributed by atoms with Crippen LogP contribution in [-0.4, -0.2) is 68.7 Å². The Morgan fingerprint density at radius 3 is 2.13 bits per heavy atom. The third kappa shape index (κ3) is 4.98. The molecule has 3 saturated heterocycles. The molecule has 38 heavy (non-hydrogen) atoms. The minimum Gasteiger partial charge on any atom is -0.466 e. The lowest BCUT2D eigenvalue weighted by atomic mass is 10.0. The molecule has 3 fully saturated rings.